The molecule has 2 heteroatoms. The molecule has 0 bridgehead atoms. The lowest BCUT2D eigenvalue weighted by molar-refractivity contribution is 0.0904. The minimum absolute atomic E-state index is 0.257. The van der Waals surface area contributed by atoms with Crippen LogP contribution in [0.15, 0.2) is 24.3 Å². The third-order valence-corrected chi connectivity index (χ3v) is 5.10. The fourth-order valence-corrected chi connectivity index (χ4v) is 3.66. The second kappa shape index (κ2) is 7.42. The van der Waals surface area contributed by atoms with E-state index in [1.54, 1.807) is 0 Å². The zero-order valence-corrected chi connectivity index (χ0v) is 14.1. The first-order valence-electron chi connectivity index (χ1n) is 8.65. The molecule has 0 heterocycles. The maximum Gasteiger partial charge on any atom is 0.0335 e. The minimum atomic E-state index is 0.257. The van der Waals surface area contributed by atoms with Gasteiger partial charge in [-0.15, -0.1) is 0 Å². The number of nitrogens with two attached hydrogens (primary N) is 1. The quantitative estimate of drug-likeness (QED) is 0.811. The molecule has 2 nitrogen and oxygen atoms in total. The maximum atomic E-state index is 6.18. The van der Waals surface area contributed by atoms with Gasteiger partial charge in [0.05, 0.1) is 0 Å². The van der Waals surface area contributed by atoms with E-state index in [2.05, 4.69) is 49.9 Å². The van der Waals surface area contributed by atoms with Crippen LogP contribution in [-0.4, -0.2) is 23.5 Å². The van der Waals surface area contributed by atoms with E-state index in [4.69, 9.17) is 5.73 Å². The van der Waals surface area contributed by atoms with Crippen LogP contribution in [0.25, 0.3) is 0 Å². The Morgan fingerprint density at radius 3 is 2.24 bits per heavy atom. The van der Waals surface area contributed by atoms with Gasteiger partial charge in [-0.1, -0.05) is 57.9 Å². The van der Waals surface area contributed by atoms with Crippen molar-refractivity contribution in [2.24, 2.45) is 5.73 Å². The van der Waals surface area contributed by atoms with Gasteiger partial charge in [0.25, 0.3) is 0 Å². The van der Waals surface area contributed by atoms with Crippen LogP contribution in [0.2, 0.25) is 0 Å². The second-order valence-corrected chi connectivity index (χ2v) is 6.95. The Balaban J connectivity index is 2.12. The van der Waals surface area contributed by atoms with Gasteiger partial charge in [0.1, 0.15) is 0 Å². The molecule has 1 aromatic rings. The zero-order valence-electron chi connectivity index (χ0n) is 14.1. The highest BCUT2D eigenvalue weighted by atomic mass is 15.2. The predicted octanol–water partition coefficient (Wildman–Crippen LogP) is 4.29. The Hall–Kier alpha value is -0.860. The molecule has 0 radical (unpaired) electrons. The van der Waals surface area contributed by atoms with Crippen molar-refractivity contribution in [3.8, 4) is 0 Å². The second-order valence-electron chi connectivity index (χ2n) is 6.95. The van der Waals surface area contributed by atoms with Crippen LogP contribution in [0.3, 0.4) is 0 Å². The van der Waals surface area contributed by atoms with Crippen molar-refractivity contribution in [1.82, 2.24) is 4.90 Å². The van der Waals surface area contributed by atoms with Crippen LogP contribution in [0, 0.1) is 0 Å². The molecule has 1 saturated carbocycles. The van der Waals surface area contributed by atoms with Crippen molar-refractivity contribution in [1.29, 1.82) is 0 Å². The molecule has 21 heavy (non-hydrogen) atoms. The van der Waals surface area contributed by atoms with Gasteiger partial charge in [0.2, 0.25) is 0 Å². The smallest absolute Gasteiger partial charge is 0.0335 e. The van der Waals surface area contributed by atoms with Crippen LogP contribution in [0.4, 0.5) is 0 Å². The molecule has 0 spiro atoms. The number of benzene rings is 1. The van der Waals surface area contributed by atoms with Gasteiger partial charge in [-0.3, -0.25) is 4.90 Å². The predicted molar refractivity (Wildman–Crippen MR) is 91.5 cm³/mol. The topological polar surface area (TPSA) is 29.3 Å². The Morgan fingerprint density at radius 2 is 1.76 bits per heavy atom. The lowest BCUT2D eigenvalue weighted by Gasteiger charge is -2.41. The molecule has 0 unspecified atom stereocenters. The van der Waals surface area contributed by atoms with Crippen LogP contribution >= 0.6 is 0 Å². The first kappa shape index (κ1) is 16.5. The Morgan fingerprint density at radius 1 is 1.14 bits per heavy atom. The number of rotatable bonds is 7. The molecule has 2 N–H and O–H groups in total. The summed E-state index contributed by atoms with van der Waals surface area (Å²) in [6.07, 6.45) is 6.42. The Bertz CT molecular complexity index is 416. The molecule has 1 aliphatic carbocycles. The highest BCUT2D eigenvalue weighted by molar-refractivity contribution is 5.25. The summed E-state index contributed by atoms with van der Waals surface area (Å²) in [4.78, 5) is 2.66. The van der Waals surface area contributed by atoms with E-state index in [0.29, 0.717) is 5.92 Å². The summed E-state index contributed by atoms with van der Waals surface area (Å²) in [6.45, 7) is 9.78. The van der Waals surface area contributed by atoms with Gasteiger partial charge in [0.15, 0.2) is 0 Å². The maximum absolute atomic E-state index is 6.18. The average Bonchev–Trinajstić information content (AvgIpc) is 2.97. The van der Waals surface area contributed by atoms with E-state index in [-0.39, 0.29) is 5.54 Å². The fourth-order valence-electron chi connectivity index (χ4n) is 3.66. The Kier molecular flexibility index (Phi) is 5.83. The monoisotopic (exact) mass is 288 g/mol. The van der Waals surface area contributed by atoms with Crippen molar-refractivity contribution < 1.29 is 0 Å². The summed E-state index contributed by atoms with van der Waals surface area (Å²) in [6, 6.07) is 9.18. The van der Waals surface area contributed by atoms with E-state index in [1.807, 2.05) is 0 Å². The van der Waals surface area contributed by atoms with Crippen LogP contribution in [0.1, 0.15) is 69.9 Å². The Labute approximate surface area is 130 Å². The molecule has 2 rings (SSSR count). The normalized spacial score (nSPS) is 17.8. The fraction of sp³-hybridized carbons (Fsp3) is 0.684. The largest absolute Gasteiger partial charge is 0.329 e. The van der Waals surface area contributed by atoms with Crippen LogP contribution in [-0.2, 0) is 6.54 Å². The first-order valence-corrected chi connectivity index (χ1v) is 8.65. The van der Waals surface area contributed by atoms with Crippen molar-refractivity contribution in [2.45, 2.75) is 70.9 Å². The highest BCUT2D eigenvalue weighted by Crippen LogP contribution is 2.35. The summed E-state index contributed by atoms with van der Waals surface area (Å²) in [5, 5.41) is 0. The minimum Gasteiger partial charge on any atom is -0.329 e. The van der Waals surface area contributed by atoms with Crippen LogP contribution in [0.5, 0.6) is 0 Å². The third kappa shape index (κ3) is 3.87. The molecular weight excluding hydrogens is 256 g/mol. The summed E-state index contributed by atoms with van der Waals surface area (Å²) < 4.78 is 0. The molecule has 0 aromatic heterocycles. The summed E-state index contributed by atoms with van der Waals surface area (Å²) in [7, 11) is 0. The van der Waals surface area contributed by atoms with E-state index >= 15 is 0 Å². The number of nitrogens with zero attached hydrogens (tertiary/aromatic N) is 1. The van der Waals surface area contributed by atoms with Crippen molar-refractivity contribution in [3.63, 3.8) is 0 Å². The molecule has 0 amide bonds. The SMILES string of the molecule is CCCN(Cc1ccc(C(C)C)cc1)C1(CN)CCCC1. The lowest BCUT2D eigenvalue weighted by atomic mass is 9.93. The van der Waals surface area contributed by atoms with Crippen molar-refractivity contribution >= 4 is 0 Å². The van der Waals surface area contributed by atoms with Crippen LogP contribution < -0.4 is 5.73 Å². The van der Waals surface area contributed by atoms with Gasteiger partial charge in [-0.25, -0.2) is 0 Å². The van der Waals surface area contributed by atoms with Crippen molar-refractivity contribution in [2.75, 3.05) is 13.1 Å². The van der Waals surface area contributed by atoms with Gasteiger partial charge >= 0.3 is 0 Å². The molecule has 1 aliphatic rings. The van der Waals surface area contributed by atoms with Gasteiger partial charge in [-0.05, 0) is 42.9 Å². The first-order chi connectivity index (χ1) is 10.1. The summed E-state index contributed by atoms with van der Waals surface area (Å²) in [5.41, 5.74) is 9.28. The van der Waals surface area contributed by atoms with Gasteiger partial charge in [0, 0.05) is 18.6 Å². The molecule has 118 valence electrons. The standard InChI is InChI=1S/C19H32N2/c1-4-13-21(19(15-20)11-5-6-12-19)14-17-7-9-18(10-8-17)16(2)3/h7-10,16H,4-6,11-15,20H2,1-3H3. The summed E-state index contributed by atoms with van der Waals surface area (Å²) >= 11 is 0. The molecule has 1 fully saturated rings. The van der Waals surface area contributed by atoms with Gasteiger partial charge in [-0.2, -0.15) is 0 Å². The highest BCUT2D eigenvalue weighted by Gasteiger charge is 2.37. The zero-order chi connectivity index (χ0) is 15.3. The summed E-state index contributed by atoms with van der Waals surface area (Å²) in [5.74, 6) is 0.607. The number of hydrogen-bond donors (Lipinski definition) is 1. The molecule has 0 aliphatic heterocycles. The van der Waals surface area contributed by atoms with Crippen molar-refractivity contribution in [3.05, 3.63) is 35.4 Å². The molecule has 0 saturated heterocycles. The number of hydrogen-bond acceptors (Lipinski definition) is 2. The van der Waals surface area contributed by atoms with E-state index < -0.39 is 0 Å². The average molecular weight is 288 g/mol. The molecule has 0 atom stereocenters. The molecule has 1 aromatic carbocycles. The molecular formula is C19H32N2. The van der Waals surface area contributed by atoms with E-state index in [0.717, 1.165) is 19.6 Å². The van der Waals surface area contributed by atoms with Gasteiger partial charge < -0.3 is 5.73 Å². The lowest BCUT2D eigenvalue weighted by Crippen LogP contribution is -2.51. The van der Waals surface area contributed by atoms with E-state index in [9.17, 15) is 0 Å². The third-order valence-electron chi connectivity index (χ3n) is 5.10. The van der Waals surface area contributed by atoms with E-state index in [1.165, 1.54) is 43.2 Å².